The molecule has 0 aliphatic heterocycles. The molecule has 23 heavy (non-hydrogen) atoms. The highest BCUT2D eigenvalue weighted by Gasteiger charge is 2.19. The Morgan fingerprint density at radius 3 is 2.78 bits per heavy atom. The van der Waals surface area contributed by atoms with Crippen LogP contribution in [0.5, 0.6) is 0 Å². The number of ether oxygens (including phenoxy) is 1. The Bertz CT molecular complexity index is 693. The topological polar surface area (TPSA) is 91.7 Å². The molecule has 0 spiro atoms. The van der Waals surface area contributed by atoms with Gasteiger partial charge in [0.1, 0.15) is 0 Å². The average molecular weight is 355 g/mol. The Morgan fingerprint density at radius 2 is 2.22 bits per heavy atom. The van der Waals surface area contributed by atoms with Crippen molar-refractivity contribution in [3.8, 4) is 0 Å². The Labute approximate surface area is 143 Å². The van der Waals surface area contributed by atoms with Crippen molar-refractivity contribution in [2.75, 3.05) is 5.32 Å². The van der Waals surface area contributed by atoms with E-state index in [1.165, 1.54) is 29.5 Å². The number of hydrogen-bond donors (Lipinski definition) is 3. The van der Waals surface area contributed by atoms with Gasteiger partial charge in [0.05, 0.1) is 18.2 Å². The first-order chi connectivity index (χ1) is 10.9. The summed E-state index contributed by atoms with van der Waals surface area (Å²) in [5.74, 6) is -0.470. The normalized spacial score (nSPS) is 10.7. The molecule has 0 unspecified atom stereocenters. The summed E-state index contributed by atoms with van der Waals surface area (Å²) in [6, 6.07) is 4.50. The number of nitrogens with one attached hydrogen (secondary N) is 1. The third-order valence-electron chi connectivity index (χ3n) is 2.89. The zero-order valence-electron chi connectivity index (χ0n) is 12.6. The fourth-order valence-electron chi connectivity index (χ4n) is 1.89. The van der Waals surface area contributed by atoms with Crippen LogP contribution < -0.4 is 10.8 Å². The highest BCUT2D eigenvalue weighted by Crippen LogP contribution is 2.19. The highest BCUT2D eigenvalue weighted by atomic mass is 35.5. The quantitative estimate of drug-likeness (QED) is 0.540. The van der Waals surface area contributed by atoms with Crippen molar-refractivity contribution in [3.63, 3.8) is 0 Å². The Kier molecular flexibility index (Phi) is 6.00. The van der Waals surface area contributed by atoms with Gasteiger partial charge in [-0.15, -0.1) is 11.3 Å². The molecule has 2 rings (SSSR count). The summed E-state index contributed by atoms with van der Waals surface area (Å²) in [6.45, 7) is 3.92. The second kappa shape index (κ2) is 7.78. The maximum Gasteiger partial charge on any atom is 0.490 e. The Balaban J connectivity index is 2.21. The molecule has 0 saturated carbocycles. The van der Waals surface area contributed by atoms with Crippen LogP contribution in [0.4, 0.5) is 5.69 Å². The number of benzene rings is 1. The Morgan fingerprint density at radius 1 is 1.48 bits per heavy atom. The van der Waals surface area contributed by atoms with Crippen LogP contribution >= 0.6 is 22.9 Å². The van der Waals surface area contributed by atoms with Gasteiger partial charge in [0.25, 0.3) is 0 Å². The summed E-state index contributed by atoms with van der Waals surface area (Å²) in [5.41, 5.74) is 1.03. The first-order valence-corrected chi connectivity index (χ1v) is 8.11. The van der Waals surface area contributed by atoms with E-state index < -0.39 is 13.1 Å². The molecule has 3 N–H and O–H groups in total. The van der Waals surface area contributed by atoms with Gasteiger partial charge in [-0.2, -0.15) is 0 Å². The van der Waals surface area contributed by atoms with E-state index in [0.717, 1.165) is 4.88 Å². The summed E-state index contributed by atoms with van der Waals surface area (Å²) < 4.78 is 5.57. The number of halogens is 1. The lowest BCUT2D eigenvalue weighted by Gasteiger charge is -2.14. The lowest BCUT2D eigenvalue weighted by molar-refractivity contribution is 0.0378. The minimum Gasteiger partial charge on any atom is -0.459 e. The molecule has 0 fully saturated rings. The number of aromatic nitrogens is 1. The van der Waals surface area contributed by atoms with Gasteiger partial charge < -0.3 is 20.1 Å². The minimum atomic E-state index is -1.65. The summed E-state index contributed by atoms with van der Waals surface area (Å²) in [5, 5.41) is 22.0. The van der Waals surface area contributed by atoms with Gasteiger partial charge in [-0.05, 0) is 26.0 Å². The van der Waals surface area contributed by atoms with Crippen molar-refractivity contribution in [2.45, 2.75) is 26.5 Å². The highest BCUT2D eigenvalue weighted by molar-refractivity contribution is 7.15. The van der Waals surface area contributed by atoms with Crippen molar-refractivity contribution in [1.29, 1.82) is 0 Å². The Hall–Kier alpha value is -1.61. The maximum absolute atomic E-state index is 12.0. The molecule has 9 heteroatoms. The molecule has 6 nitrogen and oxygen atoms in total. The van der Waals surface area contributed by atoms with E-state index in [2.05, 4.69) is 10.3 Å². The van der Waals surface area contributed by atoms with Crippen LogP contribution in [0, 0.1) is 0 Å². The van der Waals surface area contributed by atoms with Crippen LogP contribution in [0.3, 0.4) is 0 Å². The predicted molar refractivity (Wildman–Crippen MR) is 91.3 cm³/mol. The summed E-state index contributed by atoms with van der Waals surface area (Å²) in [6.07, 6.45) is 1.40. The smallest absolute Gasteiger partial charge is 0.459 e. The van der Waals surface area contributed by atoms with E-state index in [1.54, 1.807) is 20.0 Å². The molecule has 122 valence electrons. The molecule has 0 radical (unpaired) electrons. The SMILES string of the molecule is CC(C)OC(=O)c1ccc(B(O)O)c(NCc2cnc(Cl)s2)c1. The number of hydrogen-bond acceptors (Lipinski definition) is 7. The molecule has 0 aliphatic carbocycles. The fraction of sp³-hybridized carbons (Fsp3) is 0.286. The molecule has 1 aromatic carbocycles. The van der Waals surface area contributed by atoms with Gasteiger partial charge in [-0.25, -0.2) is 9.78 Å². The number of carbonyl (C=O) groups excluding carboxylic acids is 1. The second-order valence-corrected chi connectivity index (χ2v) is 6.76. The number of anilines is 1. The molecule has 0 aliphatic rings. The molecule has 0 amide bonds. The van der Waals surface area contributed by atoms with Gasteiger partial charge in [0, 0.05) is 22.2 Å². The first-order valence-electron chi connectivity index (χ1n) is 6.92. The molecule has 0 bridgehead atoms. The number of rotatable bonds is 6. The zero-order chi connectivity index (χ0) is 17.0. The van der Waals surface area contributed by atoms with E-state index in [1.807, 2.05) is 0 Å². The monoisotopic (exact) mass is 354 g/mol. The van der Waals surface area contributed by atoms with Crippen LogP contribution in [-0.4, -0.2) is 34.2 Å². The lowest BCUT2D eigenvalue weighted by Crippen LogP contribution is -2.32. The van der Waals surface area contributed by atoms with Gasteiger partial charge in [-0.3, -0.25) is 0 Å². The third-order valence-corrected chi connectivity index (χ3v) is 4.00. The molecule has 0 saturated heterocycles. The summed E-state index contributed by atoms with van der Waals surface area (Å²) in [7, 11) is -1.65. The largest absolute Gasteiger partial charge is 0.490 e. The fourth-order valence-corrected chi connectivity index (χ4v) is 2.81. The molecule has 1 aromatic heterocycles. The molecule has 2 aromatic rings. The van der Waals surface area contributed by atoms with Crippen LogP contribution in [0.15, 0.2) is 24.4 Å². The van der Waals surface area contributed by atoms with E-state index in [0.29, 0.717) is 22.3 Å². The van der Waals surface area contributed by atoms with Gasteiger partial charge in [-0.1, -0.05) is 17.7 Å². The van der Waals surface area contributed by atoms with Crippen molar-refractivity contribution < 1.29 is 19.6 Å². The number of thiazole rings is 1. The van der Waals surface area contributed by atoms with Gasteiger partial charge >= 0.3 is 13.1 Å². The standard InChI is InChI=1S/C14H16BClN2O4S/c1-8(2)22-13(19)9-3-4-11(15(20)21)12(5-9)17-6-10-7-18-14(16)23-10/h3-5,7-8,17,20-21H,6H2,1-2H3. The van der Waals surface area contributed by atoms with Crippen molar-refractivity contribution in [3.05, 3.63) is 39.3 Å². The van der Waals surface area contributed by atoms with Crippen molar-refractivity contribution in [2.24, 2.45) is 0 Å². The average Bonchev–Trinajstić information content (AvgIpc) is 2.89. The lowest BCUT2D eigenvalue weighted by atomic mass is 9.78. The van der Waals surface area contributed by atoms with E-state index in [-0.39, 0.29) is 11.6 Å². The van der Waals surface area contributed by atoms with Gasteiger partial charge in [0.2, 0.25) is 0 Å². The predicted octanol–water partition coefficient (Wildman–Crippen LogP) is 1.65. The molecule has 1 heterocycles. The minimum absolute atomic E-state index is 0.235. The number of carbonyl (C=O) groups is 1. The first kappa shape index (κ1) is 17.7. The number of nitrogens with zero attached hydrogens (tertiary/aromatic N) is 1. The van der Waals surface area contributed by atoms with Crippen LogP contribution in [0.1, 0.15) is 29.1 Å². The van der Waals surface area contributed by atoms with E-state index >= 15 is 0 Å². The van der Waals surface area contributed by atoms with Crippen LogP contribution in [0.25, 0.3) is 0 Å². The zero-order valence-corrected chi connectivity index (χ0v) is 14.2. The van der Waals surface area contributed by atoms with Crippen LogP contribution in [0.2, 0.25) is 4.47 Å². The third kappa shape index (κ3) is 4.94. The molecular formula is C14H16BClN2O4S. The van der Waals surface area contributed by atoms with Crippen molar-refractivity contribution >= 4 is 47.2 Å². The summed E-state index contributed by atoms with van der Waals surface area (Å²) >= 11 is 7.09. The van der Waals surface area contributed by atoms with E-state index in [9.17, 15) is 14.8 Å². The second-order valence-electron chi connectivity index (χ2n) is 5.06. The summed E-state index contributed by atoms with van der Waals surface area (Å²) in [4.78, 5) is 16.8. The number of esters is 1. The van der Waals surface area contributed by atoms with Crippen LogP contribution in [-0.2, 0) is 11.3 Å². The molecule has 0 atom stereocenters. The molecular weight excluding hydrogens is 338 g/mol. The van der Waals surface area contributed by atoms with Crippen molar-refractivity contribution in [1.82, 2.24) is 4.98 Å². The van der Waals surface area contributed by atoms with E-state index in [4.69, 9.17) is 16.3 Å². The van der Waals surface area contributed by atoms with Gasteiger partial charge in [0.15, 0.2) is 4.47 Å². The maximum atomic E-state index is 12.0.